The number of fused-ring (bicyclic) bond motifs is 2. The number of ether oxygens (including phenoxy) is 3. The van der Waals surface area contributed by atoms with E-state index in [2.05, 4.69) is 85.0 Å². The van der Waals surface area contributed by atoms with Crippen LogP contribution in [0.5, 0.6) is 23.0 Å². The van der Waals surface area contributed by atoms with Gasteiger partial charge in [0.2, 0.25) is 0 Å². The summed E-state index contributed by atoms with van der Waals surface area (Å²) in [6.45, 7) is 12.5. The molecular formula is C60H72N8O9S. The number of methoxy groups -OCH3 is 2. The predicted molar refractivity (Wildman–Crippen MR) is 301 cm³/mol. The van der Waals surface area contributed by atoms with Crippen molar-refractivity contribution in [3.63, 3.8) is 0 Å². The van der Waals surface area contributed by atoms with E-state index in [9.17, 15) is 28.4 Å². The molecule has 1 spiro atoms. The molecule has 1 amide bonds. The van der Waals surface area contributed by atoms with Gasteiger partial charge in [-0.2, -0.15) is 0 Å². The van der Waals surface area contributed by atoms with Crippen molar-refractivity contribution in [1.29, 1.82) is 0 Å². The minimum absolute atomic E-state index is 0.0295. The molecule has 18 heteroatoms. The number of nitro benzene ring substituents is 1. The SMILES string of the molecule is COc1cc2c(cc1OC)C(CN1CCN(C3CC4(CCN(c5ccc(C(=O)NS(=O)(=O)c6ccc(NCC7CCC(C)(O)CC7)c([N+](=O)[O-])c6)c(Oc6cnc7[nH]ccc7c6)c5)CC4)C3)[C@H](c3ccccc3C(C)C)C1)C2. The second-order valence-corrected chi connectivity index (χ2v) is 24.9. The second kappa shape index (κ2) is 21.5. The lowest BCUT2D eigenvalue weighted by atomic mass is 9.59. The number of anilines is 2. The summed E-state index contributed by atoms with van der Waals surface area (Å²) in [5, 5.41) is 26.5. The summed E-state index contributed by atoms with van der Waals surface area (Å²) in [6, 6.07) is 26.6. The number of amides is 1. The van der Waals surface area contributed by atoms with Gasteiger partial charge in [-0.15, -0.1) is 0 Å². The van der Waals surface area contributed by atoms with Gasteiger partial charge in [-0.05, 0) is 153 Å². The number of piperazine rings is 1. The molecule has 6 aromatic rings. The van der Waals surface area contributed by atoms with E-state index in [4.69, 9.17) is 14.2 Å². The first kappa shape index (κ1) is 53.3. The number of rotatable bonds is 17. The Hall–Kier alpha value is -6.73. The van der Waals surface area contributed by atoms with Crippen LogP contribution >= 0.6 is 0 Å². The largest absolute Gasteiger partial charge is 0.493 e. The fourth-order valence-electron chi connectivity index (χ4n) is 13.2. The number of nitrogens with one attached hydrogen (secondary N) is 3. The number of H-pyrrole nitrogens is 1. The van der Waals surface area contributed by atoms with E-state index >= 15 is 0 Å². The Balaban J connectivity index is 0.772. The van der Waals surface area contributed by atoms with Crippen LogP contribution in [0.25, 0.3) is 11.0 Å². The van der Waals surface area contributed by atoms with Crippen LogP contribution < -0.4 is 29.1 Å². The zero-order chi connectivity index (χ0) is 54.5. The molecule has 2 saturated heterocycles. The van der Waals surface area contributed by atoms with E-state index in [1.807, 2.05) is 19.1 Å². The molecule has 0 radical (unpaired) electrons. The number of hydrogen-bond acceptors (Lipinski definition) is 14. The number of carbonyl (C=O) groups excluding carboxylic acids is 1. The van der Waals surface area contributed by atoms with E-state index in [-0.39, 0.29) is 28.3 Å². The summed E-state index contributed by atoms with van der Waals surface area (Å²) in [5.74, 6) is 2.21. The third kappa shape index (κ3) is 10.9. The number of benzene rings is 4. The summed E-state index contributed by atoms with van der Waals surface area (Å²) in [7, 11) is -1.20. The zero-order valence-electron chi connectivity index (χ0n) is 45.3. The Labute approximate surface area is 456 Å². The van der Waals surface area contributed by atoms with Crippen molar-refractivity contribution in [2.75, 3.05) is 70.2 Å². The van der Waals surface area contributed by atoms with Crippen molar-refractivity contribution in [1.82, 2.24) is 24.5 Å². The summed E-state index contributed by atoms with van der Waals surface area (Å²) in [5.41, 5.74) is 6.31. The van der Waals surface area contributed by atoms with Crippen LogP contribution in [0, 0.1) is 21.4 Å². The normalized spacial score (nSPS) is 22.6. The summed E-state index contributed by atoms with van der Waals surface area (Å²) < 4.78 is 47.6. The molecular weight excluding hydrogens is 1010 g/mol. The van der Waals surface area contributed by atoms with E-state index in [1.54, 1.807) is 44.8 Å². The lowest BCUT2D eigenvalue weighted by Gasteiger charge is -2.58. The smallest absolute Gasteiger partial charge is 0.293 e. The highest BCUT2D eigenvalue weighted by molar-refractivity contribution is 7.90. The second-order valence-electron chi connectivity index (χ2n) is 23.2. The maximum absolute atomic E-state index is 14.2. The van der Waals surface area contributed by atoms with Gasteiger partial charge in [0, 0.05) is 93.2 Å². The number of pyridine rings is 1. The Morgan fingerprint density at radius 2 is 1.67 bits per heavy atom. The van der Waals surface area contributed by atoms with Crippen molar-refractivity contribution in [3.8, 4) is 23.0 Å². The van der Waals surface area contributed by atoms with Crippen molar-refractivity contribution in [3.05, 3.63) is 135 Å². The fourth-order valence-corrected chi connectivity index (χ4v) is 14.1. The first-order chi connectivity index (χ1) is 37.5. The van der Waals surface area contributed by atoms with Gasteiger partial charge in [0.1, 0.15) is 22.8 Å². The number of nitro groups is 1. The average Bonchev–Trinajstić information content (AvgIpc) is 4.03. The molecule has 3 aliphatic carbocycles. The number of hydrogen-bond donors (Lipinski definition) is 4. The number of aliphatic hydroxyl groups is 1. The van der Waals surface area contributed by atoms with E-state index < -0.39 is 37.0 Å². The average molecular weight is 1080 g/mol. The number of carbonyl (C=O) groups is 1. The molecule has 2 atom stereocenters. The molecule has 17 nitrogen and oxygen atoms in total. The van der Waals surface area contributed by atoms with Gasteiger partial charge in [-0.25, -0.2) is 18.1 Å². The summed E-state index contributed by atoms with van der Waals surface area (Å²) in [4.78, 5) is 40.7. The highest BCUT2D eigenvalue weighted by Gasteiger charge is 2.50. The van der Waals surface area contributed by atoms with Gasteiger partial charge < -0.3 is 34.5 Å². The summed E-state index contributed by atoms with van der Waals surface area (Å²) >= 11 is 0. The number of aromatic nitrogens is 2. The van der Waals surface area contributed by atoms with Gasteiger partial charge in [-0.3, -0.25) is 24.7 Å². The van der Waals surface area contributed by atoms with Crippen molar-refractivity contribution in [2.45, 2.75) is 113 Å². The van der Waals surface area contributed by atoms with Gasteiger partial charge in [-0.1, -0.05) is 38.1 Å². The van der Waals surface area contributed by atoms with Crippen molar-refractivity contribution >= 4 is 44.0 Å². The molecule has 0 bridgehead atoms. The van der Waals surface area contributed by atoms with Crippen LogP contribution in [0.3, 0.4) is 0 Å². The van der Waals surface area contributed by atoms with Crippen LogP contribution in [0.1, 0.15) is 123 Å². The molecule has 5 aliphatic rings. The monoisotopic (exact) mass is 1080 g/mol. The van der Waals surface area contributed by atoms with Crippen LogP contribution in [0.2, 0.25) is 0 Å². The maximum Gasteiger partial charge on any atom is 0.293 e. The molecule has 412 valence electrons. The number of sulfonamides is 1. The summed E-state index contributed by atoms with van der Waals surface area (Å²) in [6.07, 6.45) is 11.5. The Morgan fingerprint density at radius 3 is 2.41 bits per heavy atom. The molecule has 1 unspecified atom stereocenters. The lowest BCUT2D eigenvalue weighted by molar-refractivity contribution is -0.384. The molecule has 2 aliphatic heterocycles. The highest BCUT2D eigenvalue weighted by Crippen LogP contribution is 2.54. The minimum atomic E-state index is -4.59. The van der Waals surface area contributed by atoms with Crippen LogP contribution in [-0.2, 0) is 16.4 Å². The van der Waals surface area contributed by atoms with Gasteiger partial charge >= 0.3 is 0 Å². The van der Waals surface area contributed by atoms with Crippen LogP contribution in [0.4, 0.5) is 17.1 Å². The van der Waals surface area contributed by atoms with E-state index in [1.165, 1.54) is 34.4 Å². The third-order valence-electron chi connectivity index (χ3n) is 17.8. The quantitative estimate of drug-likeness (QED) is 0.0496. The molecule has 11 rings (SSSR count). The zero-order valence-corrected chi connectivity index (χ0v) is 46.1. The van der Waals surface area contributed by atoms with Gasteiger partial charge in [0.05, 0.1) is 41.4 Å². The third-order valence-corrected chi connectivity index (χ3v) is 19.1. The minimum Gasteiger partial charge on any atom is -0.493 e. The predicted octanol–water partition coefficient (Wildman–Crippen LogP) is 10.3. The first-order valence-electron chi connectivity index (χ1n) is 27.6. The van der Waals surface area contributed by atoms with Gasteiger partial charge in [0.15, 0.2) is 11.5 Å². The molecule has 78 heavy (non-hydrogen) atoms. The Kier molecular flexibility index (Phi) is 14.7. The Bertz CT molecular complexity index is 3320. The van der Waals surface area contributed by atoms with E-state index in [0.29, 0.717) is 54.7 Å². The number of nitrogens with zero attached hydrogens (tertiary/aromatic N) is 5. The molecule has 2 saturated carbocycles. The molecule has 2 aromatic heterocycles. The van der Waals surface area contributed by atoms with Crippen LogP contribution in [-0.4, -0.2) is 116 Å². The van der Waals surface area contributed by atoms with Crippen molar-refractivity contribution < 1.29 is 37.5 Å². The lowest BCUT2D eigenvalue weighted by Crippen LogP contribution is -2.60. The van der Waals surface area contributed by atoms with Crippen LogP contribution in [0.15, 0.2) is 102 Å². The van der Waals surface area contributed by atoms with E-state index in [0.717, 1.165) is 113 Å². The number of aromatic amines is 1. The standard InChI is InChI=1S/C60H72N8O9S/c1-38(2)47-8-6-7-9-48(47)53-37-65(36-42-26-41-28-55(75-4)56(76-5)31-50(41)42)24-25-67(53)44-32-60(33-44)19-22-66(23-20-60)43-10-12-49(54(29-43)77-45-27-40-16-21-61-57(40)63-35-45)58(69)64-78(73,74)46-11-13-51(52(30-46)68(71)72)62-34-39-14-17-59(3,70)18-15-39/h6-13,16,21,27-31,35,38-39,42,44,53,62,70H,14-15,17-20,22-26,32-34,36-37H2,1-5H3,(H,61,63)(H,64,69)/t39?,42?,53-,59?/m0/s1. The maximum atomic E-state index is 14.2. The topological polar surface area (TPSA) is 205 Å². The fraction of sp³-hybridized carbons (Fsp3) is 0.467. The first-order valence-corrected chi connectivity index (χ1v) is 29.1. The highest BCUT2D eigenvalue weighted by atomic mass is 32.2. The number of piperidine rings is 1. The van der Waals surface area contributed by atoms with Gasteiger partial charge in [0.25, 0.3) is 21.6 Å². The molecule has 4 aromatic carbocycles. The molecule has 4 heterocycles. The molecule has 4 fully saturated rings. The molecule has 4 N–H and O–H groups in total. The van der Waals surface area contributed by atoms with Crippen molar-refractivity contribution in [2.24, 2.45) is 11.3 Å². The Morgan fingerprint density at radius 1 is 0.910 bits per heavy atom.